The summed E-state index contributed by atoms with van der Waals surface area (Å²) in [5, 5.41) is 2.62. The van der Waals surface area contributed by atoms with Gasteiger partial charge in [-0.15, -0.1) is 0 Å². The van der Waals surface area contributed by atoms with Gasteiger partial charge in [-0.25, -0.2) is 0 Å². The molecule has 0 aliphatic rings. The minimum Gasteiger partial charge on any atom is -0.347 e. The molecule has 0 aliphatic heterocycles. The summed E-state index contributed by atoms with van der Waals surface area (Å²) >= 11 is 0. The second-order valence-corrected chi connectivity index (χ2v) is 4.74. The van der Waals surface area contributed by atoms with Crippen molar-refractivity contribution < 1.29 is 9.59 Å². The Hall–Kier alpha value is -1.88. The van der Waals surface area contributed by atoms with Gasteiger partial charge >= 0.3 is 0 Å². The van der Waals surface area contributed by atoms with Crippen molar-refractivity contribution in [3.8, 4) is 0 Å². The molecule has 0 saturated carbocycles. The van der Waals surface area contributed by atoms with Gasteiger partial charge in [0.1, 0.15) is 0 Å². The van der Waals surface area contributed by atoms with E-state index < -0.39 is 0 Å². The van der Waals surface area contributed by atoms with Crippen molar-refractivity contribution in [1.29, 1.82) is 0 Å². The fourth-order valence-corrected chi connectivity index (χ4v) is 1.73. The number of benzene rings is 1. The molecule has 5 heteroatoms. The summed E-state index contributed by atoms with van der Waals surface area (Å²) in [6.07, 6.45) is 0.882. The largest absolute Gasteiger partial charge is 0.347 e. The molecule has 1 atom stereocenters. The molecule has 0 radical (unpaired) electrons. The van der Waals surface area contributed by atoms with Crippen LogP contribution in [0.2, 0.25) is 0 Å². The van der Waals surface area contributed by atoms with Crippen LogP contribution >= 0.6 is 0 Å². The van der Waals surface area contributed by atoms with Gasteiger partial charge in [-0.1, -0.05) is 30.3 Å². The third-order valence-corrected chi connectivity index (χ3v) is 3.25. The van der Waals surface area contributed by atoms with Gasteiger partial charge < -0.3 is 16.0 Å². The average molecular weight is 277 g/mol. The molecule has 0 fully saturated rings. The van der Waals surface area contributed by atoms with E-state index in [9.17, 15) is 9.59 Å². The number of carbonyl (C=O) groups excluding carboxylic acids is 2. The van der Waals surface area contributed by atoms with E-state index in [2.05, 4.69) is 5.32 Å². The Morgan fingerprint density at radius 3 is 2.55 bits per heavy atom. The summed E-state index contributed by atoms with van der Waals surface area (Å²) in [4.78, 5) is 24.7. The van der Waals surface area contributed by atoms with Crippen LogP contribution in [-0.4, -0.2) is 36.9 Å². The number of nitrogens with two attached hydrogens (primary N) is 1. The number of amides is 2. The van der Waals surface area contributed by atoms with E-state index in [-0.39, 0.29) is 24.4 Å². The lowest BCUT2D eigenvalue weighted by Crippen LogP contribution is -2.38. The summed E-state index contributed by atoms with van der Waals surface area (Å²) in [5.41, 5.74) is 7.03. The standard InChI is InChI=1S/C15H23N3O2/c1-3-18(2)15(20)11-17-14(19)10-9-13(16)12-7-5-4-6-8-12/h4-8,13H,3,9-11,16H2,1-2H3,(H,17,19). The fraction of sp³-hybridized carbons (Fsp3) is 0.467. The SMILES string of the molecule is CCN(C)C(=O)CNC(=O)CCC(N)c1ccccc1. The lowest BCUT2D eigenvalue weighted by molar-refractivity contribution is -0.131. The summed E-state index contributed by atoms with van der Waals surface area (Å²) < 4.78 is 0. The van der Waals surface area contributed by atoms with Crippen LogP contribution in [0.25, 0.3) is 0 Å². The molecule has 0 aliphatic carbocycles. The number of hydrogen-bond donors (Lipinski definition) is 2. The Kier molecular flexibility index (Phi) is 6.73. The lowest BCUT2D eigenvalue weighted by Gasteiger charge is -2.15. The van der Waals surface area contributed by atoms with Crippen LogP contribution in [0.15, 0.2) is 30.3 Å². The Morgan fingerprint density at radius 1 is 1.30 bits per heavy atom. The third-order valence-electron chi connectivity index (χ3n) is 3.25. The lowest BCUT2D eigenvalue weighted by atomic mass is 10.0. The summed E-state index contributed by atoms with van der Waals surface area (Å²) in [5.74, 6) is -0.234. The molecule has 2 amide bonds. The highest BCUT2D eigenvalue weighted by Crippen LogP contribution is 2.14. The topological polar surface area (TPSA) is 75.4 Å². The van der Waals surface area contributed by atoms with Crippen molar-refractivity contribution in [3.05, 3.63) is 35.9 Å². The highest BCUT2D eigenvalue weighted by molar-refractivity contribution is 5.84. The van der Waals surface area contributed by atoms with Gasteiger partial charge in [-0.3, -0.25) is 9.59 Å². The van der Waals surface area contributed by atoms with Gasteiger partial charge in [0, 0.05) is 26.1 Å². The minimum absolute atomic E-state index is 0.0454. The van der Waals surface area contributed by atoms with E-state index in [1.807, 2.05) is 37.3 Å². The number of hydrogen-bond acceptors (Lipinski definition) is 3. The van der Waals surface area contributed by atoms with Crippen molar-refractivity contribution in [2.75, 3.05) is 20.1 Å². The van der Waals surface area contributed by atoms with Gasteiger partial charge in [0.05, 0.1) is 6.54 Å². The minimum atomic E-state index is -0.157. The van der Waals surface area contributed by atoms with Gasteiger partial charge in [-0.05, 0) is 18.9 Å². The smallest absolute Gasteiger partial charge is 0.241 e. The van der Waals surface area contributed by atoms with E-state index >= 15 is 0 Å². The van der Waals surface area contributed by atoms with Crippen LogP contribution in [0.3, 0.4) is 0 Å². The molecule has 110 valence electrons. The number of rotatable bonds is 7. The zero-order chi connectivity index (χ0) is 15.0. The molecule has 1 unspecified atom stereocenters. The van der Waals surface area contributed by atoms with Crippen LogP contribution in [0, 0.1) is 0 Å². The summed E-state index contributed by atoms with van der Waals surface area (Å²) in [6, 6.07) is 9.52. The molecule has 5 nitrogen and oxygen atoms in total. The quantitative estimate of drug-likeness (QED) is 0.782. The van der Waals surface area contributed by atoms with Crippen LogP contribution in [0.4, 0.5) is 0 Å². The van der Waals surface area contributed by atoms with E-state index in [1.54, 1.807) is 11.9 Å². The molecule has 0 aromatic heterocycles. The van der Waals surface area contributed by atoms with Gasteiger partial charge in [0.15, 0.2) is 0 Å². The Balaban J connectivity index is 2.28. The van der Waals surface area contributed by atoms with Crippen molar-refractivity contribution in [1.82, 2.24) is 10.2 Å². The number of likely N-dealkylation sites (N-methyl/N-ethyl adjacent to an activating group) is 1. The number of nitrogens with one attached hydrogen (secondary N) is 1. The average Bonchev–Trinajstić information content (AvgIpc) is 2.50. The zero-order valence-electron chi connectivity index (χ0n) is 12.1. The van der Waals surface area contributed by atoms with Crippen LogP contribution in [-0.2, 0) is 9.59 Å². The van der Waals surface area contributed by atoms with Gasteiger partial charge in [0.25, 0.3) is 0 Å². The predicted octanol–water partition coefficient (Wildman–Crippen LogP) is 1.06. The summed E-state index contributed by atoms with van der Waals surface area (Å²) in [7, 11) is 1.71. The maximum Gasteiger partial charge on any atom is 0.241 e. The van der Waals surface area contributed by atoms with Crippen LogP contribution in [0.1, 0.15) is 31.4 Å². The first-order chi connectivity index (χ1) is 9.54. The molecular formula is C15H23N3O2. The van der Waals surface area contributed by atoms with Crippen LogP contribution < -0.4 is 11.1 Å². The monoisotopic (exact) mass is 277 g/mol. The van der Waals surface area contributed by atoms with Gasteiger partial charge in [0.2, 0.25) is 11.8 Å². The Labute approximate surface area is 120 Å². The maximum absolute atomic E-state index is 11.7. The van der Waals surface area contributed by atoms with Crippen molar-refractivity contribution in [2.24, 2.45) is 5.73 Å². The second kappa shape index (κ2) is 8.32. The Bertz CT molecular complexity index is 434. The first-order valence-electron chi connectivity index (χ1n) is 6.85. The van der Waals surface area contributed by atoms with Crippen molar-refractivity contribution in [2.45, 2.75) is 25.8 Å². The molecule has 3 N–H and O–H groups in total. The normalized spacial score (nSPS) is 11.8. The van der Waals surface area contributed by atoms with Crippen LogP contribution in [0.5, 0.6) is 0 Å². The first-order valence-corrected chi connectivity index (χ1v) is 6.85. The highest BCUT2D eigenvalue weighted by atomic mass is 16.2. The summed E-state index contributed by atoms with van der Waals surface area (Å²) in [6.45, 7) is 2.57. The predicted molar refractivity (Wildman–Crippen MR) is 78.9 cm³/mol. The molecule has 0 bridgehead atoms. The van der Waals surface area contributed by atoms with E-state index in [4.69, 9.17) is 5.73 Å². The van der Waals surface area contributed by atoms with Crippen molar-refractivity contribution >= 4 is 11.8 Å². The van der Waals surface area contributed by atoms with E-state index in [0.717, 1.165) is 5.56 Å². The molecule has 0 heterocycles. The molecule has 20 heavy (non-hydrogen) atoms. The Morgan fingerprint density at radius 2 is 1.95 bits per heavy atom. The highest BCUT2D eigenvalue weighted by Gasteiger charge is 2.11. The molecule has 0 spiro atoms. The third kappa shape index (κ3) is 5.40. The molecule has 1 rings (SSSR count). The zero-order valence-corrected chi connectivity index (χ0v) is 12.1. The number of carbonyl (C=O) groups is 2. The van der Waals surface area contributed by atoms with Gasteiger partial charge in [-0.2, -0.15) is 0 Å². The molecule has 0 saturated heterocycles. The molecule has 1 aromatic rings. The van der Waals surface area contributed by atoms with E-state index in [0.29, 0.717) is 19.4 Å². The van der Waals surface area contributed by atoms with E-state index in [1.165, 1.54) is 0 Å². The fourth-order valence-electron chi connectivity index (χ4n) is 1.73. The molecule has 1 aromatic carbocycles. The first kappa shape index (κ1) is 16.2. The van der Waals surface area contributed by atoms with Crippen molar-refractivity contribution in [3.63, 3.8) is 0 Å². The second-order valence-electron chi connectivity index (χ2n) is 4.74. The number of nitrogens with zero attached hydrogens (tertiary/aromatic N) is 1. The molecular weight excluding hydrogens is 254 g/mol. The maximum atomic E-state index is 11.7.